The van der Waals surface area contributed by atoms with Crippen molar-refractivity contribution in [3.8, 4) is 5.75 Å². The number of nitrogens with one attached hydrogen (secondary N) is 1. The van der Waals surface area contributed by atoms with Crippen molar-refractivity contribution in [1.82, 2.24) is 4.72 Å². The van der Waals surface area contributed by atoms with Crippen LogP contribution in [0.15, 0.2) is 48.5 Å². The smallest absolute Gasteiger partial charge is 0.269 e. The molecular weight excluding hydrogens is 344 g/mol. The zero-order valence-electron chi connectivity index (χ0n) is 13.8. The van der Waals surface area contributed by atoms with Gasteiger partial charge >= 0.3 is 0 Å². The third-order valence-electron chi connectivity index (χ3n) is 3.62. The Hall–Kier alpha value is -2.45. The van der Waals surface area contributed by atoms with E-state index in [1.54, 1.807) is 13.2 Å². The molecule has 0 fully saturated rings. The molecule has 0 radical (unpaired) electrons. The predicted octanol–water partition coefficient (Wildman–Crippen LogP) is 2.66. The molecule has 0 aliphatic rings. The van der Waals surface area contributed by atoms with Gasteiger partial charge in [-0.15, -0.1) is 0 Å². The molecule has 0 aliphatic heterocycles. The van der Waals surface area contributed by atoms with Gasteiger partial charge in [0, 0.05) is 18.7 Å². The second-order valence-corrected chi connectivity index (χ2v) is 7.30. The van der Waals surface area contributed by atoms with E-state index in [1.807, 2.05) is 24.3 Å². The number of ether oxygens (including phenoxy) is 1. The SMILES string of the molecule is COc1ccccc1CCCNS(=O)(=O)Cc1cccc([N+](=O)[O-])c1. The first kappa shape index (κ1) is 18.9. The van der Waals surface area contributed by atoms with E-state index in [4.69, 9.17) is 4.74 Å². The van der Waals surface area contributed by atoms with E-state index in [-0.39, 0.29) is 18.0 Å². The number of benzene rings is 2. The third kappa shape index (κ3) is 5.84. The molecule has 7 nitrogen and oxygen atoms in total. The molecule has 0 spiro atoms. The number of aryl methyl sites for hydroxylation is 1. The molecule has 0 amide bonds. The minimum absolute atomic E-state index is 0.121. The number of para-hydroxylation sites is 1. The third-order valence-corrected chi connectivity index (χ3v) is 4.97. The Morgan fingerprint density at radius 3 is 2.64 bits per heavy atom. The summed E-state index contributed by atoms with van der Waals surface area (Å²) >= 11 is 0. The molecule has 0 aromatic heterocycles. The summed E-state index contributed by atoms with van der Waals surface area (Å²) in [6, 6.07) is 13.2. The molecule has 0 heterocycles. The Kier molecular flexibility index (Phi) is 6.49. The van der Waals surface area contributed by atoms with Gasteiger partial charge in [-0.3, -0.25) is 10.1 Å². The van der Waals surface area contributed by atoms with E-state index in [0.717, 1.165) is 11.3 Å². The van der Waals surface area contributed by atoms with Crippen molar-refractivity contribution in [2.75, 3.05) is 13.7 Å². The predicted molar refractivity (Wildman–Crippen MR) is 95.0 cm³/mol. The summed E-state index contributed by atoms with van der Waals surface area (Å²) in [5.41, 5.74) is 1.28. The van der Waals surface area contributed by atoms with Crippen LogP contribution in [-0.2, 0) is 22.2 Å². The molecule has 0 aliphatic carbocycles. The zero-order chi connectivity index (χ0) is 18.3. The largest absolute Gasteiger partial charge is 0.496 e. The van der Waals surface area contributed by atoms with Gasteiger partial charge < -0.3 is 4.74 Å². The lowest BCUT2D eigenvalue weighted by atomic mass is 10.1. The van der Waals surface area contributed by atoms with Crippen molar-refractivity contribution in [3.05, 3.63) is 69.8 Å². The van der Waals surface area contributed by atoms with E-state index >= 15 is 0 Å². The minimum Gasteiger partial charge on any atom is -0.496 e. The average molecular weight is 364 g/mol. The number of hydrogen-bond donors (Lipinski definition) is 1. The van der Waals surface area contributed by atoms with Gasteiger partial charge in [-0.25, -0.2) is 13.1 Å². The van der Waals surface area contributed by atoms with Crippen LogP contribution < -0.4 is 9.46 Å². The van der Waals surface area contributed by atoms with Gasteiger partial charge in [0.2, 0.25) is 10.0 Å². The Balaban J connectivity index is 1.87. The number of methoxy groups -OCH3 is 1. The van der Waals surface area contributed by atoms with Crippen molar-refractivity contribution in [2.45, 2.75) is 18.6 Å². The maximum absolute atomic E-state index is 12.1. The number of rotatable bonds is 9. The van der Waals surface area contributed by atoms with Crippen molar-refractivity contribution >= 4 is 15.7 Å². The molecule has 2 rings (SSSR count). The lowest BCUT2D eigenvalue weighted by molar-refractivity contribution is -0.384. The van der Waals surface area contributed by atoms with E-state index in [1.165, 1.54) is 18.2 Å². The van der Waals surface area contributed by atoms with Gasteiger partial charge in [-0.05, 0) is 30.0 Å². The molecule has 0 saturated carbocycles. The van der Waals surface area contributed by atoms with Crippen molar-refractivity contribution in [2.24, 2.45) is 0 Å². The first-order chi connectivity index (χ1) is 11.9. The minimum atomic E-state index is -3.55. The normalized spacial score (nSPS) is 11.2. The summed E-state index contributed by atoms with van der Waals surface area (Å²) in [6.07, 6.45) is 1.30. The van der Waals surface area contributed by atoms with Crippen LogP contribution in [0.4, 0.5) is 5.69 Å². The van der Waals surface area contributed by atoms with Crippen LogP contribution >= 0.6 is 0 Å². The summed E-state index contributed by atoms with van der Waals surface area (Å²) in [5, 5.41) is 10.7. The number of hydrogen-bond acceptors (Lipinski definition) is 5. The van der Waals surface area contributed by atoms with E-state index in [9.17, 15) is 18.5 Å². The maximum atomic E-state index is 12.1. The Labute approximate surface area is 146 Å². The second-order valence-electron chi connectivity index (χ2n) is 5.50. The number of sulfonamides is 1. The van der Waals surface area contributed by atoms with Gasteiger partial charge in [0.15, 0.2) is 0 Å². The van der Waals surface area contributed by atoms with E-state index < -0.39 is 14.9 Å². The summed E-state index contributed by atoms with van der Waals surface area (Å²) in [7, 11) is -1.95. The van der Waals surface area contributed by atoms with Crippen LogP contribution in [0.5, 0.6) is 5.75 Å². The summed E-state index contributed by atoms with van der Waals surface area (Å²) < 4.78 is 32.0. The van der Waals surface area contributed by atoms with Crippen LogP contribution in [0.2, 0.25) is 0 Å². The number of non-ortho nitro benzene ring substituents is 1. The van der Waals surface area contributed by atoms with Crippen molar-refractivity contribution in [3.63, 3.8) is 0 Å². The molecular formula is C17H20N2O5S. The van der Waals surface area contributed by atoms with Crippen LogP contribution in [0.3, 0.4) is 0 Å². The molecule has 0 saturated heterocycles. The molecule has 0 atom stereocenters. The van der Waals surface area contributed by atoms with Gasteiger partial charge in [-0.2, -0.15) is 0 Å². The zero-order valence-corrected chi connectivity index (χ0v) is 14.7. The van der Waals surface area contributed by atoms with Gasteiger partial charge in [0.25, 0.3) is 5.69 Å². The summed E-state index contributed by atoms with van der Waals surface area (Å²) in [6.45, 7) is 0.287. The van der Waals surface area contributed by atoms with Crippen molar-refractivity contribution in [1.29, 1.82) is 0 Å². The van der Waals surface area contributed by atoms with Gasteiger partial charge in [-0.1, -0.05) is 30.3 Å². The molecule has 8 heteroatoms. The number of nitro groups is 1. The fraction of sp³-hybridized carbons (Fsp3) is 0.294. The molecule has 2 aromatic rings. The molecule has 134 valence electrons. The first-order valence-corrected chi connectivity index (χ1v) is 9.39. The Morgan fingerprint density at radius 1 is 1.16 bits per heavy atom. The number of nitrogens with zero attached hydrogens (tertiary/aromatic N) is 1. The molecule has 25 heavy (non-hydrogen) atoms. The fourth-order valence-corrected chi connectivity index (χ4v) is 3.62. The van der Waals surface area contributed by atoms with Crippen LogP contribution in [0.1, 0.15) is 17.5 Å². The topological polar surface area (TPSA) is 98.5 Å². The highest BCUT2D eigenvalue weighted by Crippen LogP contribution is 2.19. The molecule has 2 aromatic carbocycles. The monoisotopic (exact) mass is 364 g/mol. The summed E-state index contributed by atoms with van der Waals surface area (Å²) in [4.78, 5) is 10.2. The van der Waals surface area contributed by atoms with Crippen LogP contribution in [-0.4, -0.2) is 27.0 Å². The maximum Gasteiger partial charge on any atom is 0.269 e. The van der Waals surface area contributed by atoms with Crippen LogP contribution in [0, 0.1) is 10.1 Å². The highest BCUT2D eigenvalue weighted by molar-refractivity contribution is 7.88. The number of nitro benzene ring substituents is 1. The second kappa shape index (κ2) is 8.59. The lowest BCUT2D eigenvalue weighted by Crippen LogP contribution is -2.26. The van der Waals surface area contributed by atoms with E-state index in [2.05, 4.69) is 4.72 Å². The van der Waals surface area contributed by atoms with Crippen molar-refractivity contribution < 1.29 is 18.1 Å². The average Bonchev–Trinajstić information content (AvgIpc) is 2.59. The highest BCUT2D eigenvalue weighted by atomic mass is 32.2. The lowest BCUT2D eigenvalue weighted by Gasteiger charge is -2.09. The van der Waals surface area contributed by atoms with E-state index in [0.29, 0.717) is 18.4 Å². The van der Waals surface area contributed by atoms with Crippen LogP contribution in [0.25, 0.3) is 0 Å². The molecule has 0 unspecified atom stereocenters. The highest BCUT2D eigenvalue weighted by Gasteiger charge is 2.14. The summed E-state index contributed by atoms with van der Waals surface area (Å²) in [5.74, 6) is 0.491. The van der Waals surface area contributed by atoms with Gasteiger partial charge in [0.05, 0.1) is 17.8 Å². The molecule has 0 bridgehead atoms. The fourth-order valence-electron chi connectivity index (χ4n) is 2.45. The van der Waals surface area contributed by atoms with Gasteiger partial charge in [0.1, 0.15) is 5.75 Å². The first-order valence-electron chi connectivity index (χ1n) is 7.74. The standard InChI is InChI=1S/C17H20N2O5S/c1-24-17-10-3-2-7-15(17)8-5-11-18-25(22,23)13-14-6-4-9-16(12-14)19(20)21/h2-4,6-7,9-10,12,18H,5,8,11,13H2,1H3. The Morgan fingerprint density at radius 2 is 1.92 bits per heavy atom. The Bertz CT molecular complexity index is 836. The molecule has 1 N–H and O–H groups in total. The quantitative estimate of drug-likeness (QED) is 0.419.